The summed E-state index contributed by atoms with van der Waals surface area (Å²) in [5.74, 6) is -1.10. The summed E-state index contributed by atoms with van der Waals surface area (Å²) in [7, 11) is 0. The highest BCUT2D eigenvalue weighted by molar-refractivity contribution is 6.30. The van der Waals surface area contributed by atoms with E-state index in [9.17, 15) is 4.79 Å². The summed E-state index contributed by atoms with van der Waals surface area (Å²) in [6.45, 7) is 3.42. The van der Waals surface area contributed by atoms with Gasteiger partial charge in [0.15, 0.2) is 0 Å². The number of piperidine rings is 1. The summed E-state index contributed by atoms with van der Waals surface area (Å²) in [5.41, 5.74) is 2.07. The normalized spacial score (nSPS) is 17.0. The molecule has 0 bridgehead atoms. The zero-order chi connectivity index (χ0) is 26.6. The van der Waals surface area contributed by atoms with E-state index in [2.05, 4.69) is 34.1 Å². The predicted octanol–water partition coefficient (Wildman–Crippen LogP) is 4.99. The number of hydrogen-bond acceptors (Lipinski definition) is 5. The van der Waals surface area contributed by atoms with E-state index in [-0.39, 0.29) is 5.56 Å². The second-order valence-electron chi connectivity index (χ2n) is 9.96. The molecule has 1 aromatic heterocycles. The van der Waals surface area contributed by atoms with Gasteiger partial charge in [0.2, 0.25) is 0 Å². The van der Waals surface area contributed by atoms with Crippen LogP contribution in [-0.4, -0.2) is 51.7 Å². The summed E-state index contributed by atoms with van der Waals surface area (Å²) in [6, 6.07) is 10.4. The number of aromatic amines is 1. The zero-order valence-corrected chi connectivity index (χ0v) is 21.9. The Bertz CT molecular complexity index is 1060. The van der Waals surface area contributed by atoms with Crippen LogP contribution in [0.5, 0.6) is 5.75 Å². The number of pyridine rings is 1. The Morgan fingerprint density at radius 1 is 0.973 bits per heavy atom. The first kappa shape index (κ1) is 28.7. The van der Waals surface area contributed by atoms with Crippen LogP contribution >= 0.6 is 11.6 Å². The molecule has 1 saturated carbocycles. The number of ether oxygens (including phenoxy) is 1. The number of nitrogens with one attached hydrogen (secondary N) is 1. The minimum atomic E-state index is -1.82. The fourth-order valence-electron chi connectivity index (χ4n) is 5.06. The zero-order valence-electron chi connectivity index (χ0n) is 21.2. The number of likely N-dealkylation sites (tertiary alicyclic amines) is 1. The second kappa shape index (κ2) is 14.8. The number of halogens is 1. The third kappa shape index (κ3) is 9.85. The van der Waals surface area contributed by atoms with Crippen molar-refractivity contribution < 1.29 is 24.5 Å². The van der Waals surface area contributed by atoms with Crippen LogP contribution in [0.1, 0.15) is 62.5 Å². The van der Waals surface area contributed by atoms with E-state index in [4.69, 9.17) is 36.1 Å². The van der Waals surface area contributed by atoms with Crippen LogP contribution in [0.25, 0.3) is 0 Å². The number of hydrogen-bond donors (Lipinski definition) is 3. The number of carboxylic acid groups (broad SMARTS) is 2. The van der Waals surface area contributed by atoms with Crippen LogP contribution in [-0.2, 0) is 22.6 Å². The van der Waals surface area contributed by atoms with Gasteiger partial charge in [0.05, 0.1) is 11.6 Å². The number of nitrogens with zero attached hydrogens (tertiary/aromatic N) is 1. The van der Waals surface area contributed by atoms with Gasteiger partial charge in [0.1, 0.15) is 5.75 Å². The van der Waals surface area contributed by atoms with Crippen LogP contribution in [0.2, 0.25) is 5.02 Å². The molecule has 1 aliphatic heterocycles. The van der Waals surface area contributed by atoms with Crippen molar-refractivity contribution in [2.75, 3.05) is 19.7 Å². The average Bonchev–Trinajstić information content (AvgIpc) is 2.90. The smallest absolute Gasteiger partial charge is 0.414 e. The molecule has 2 aliphatic rings. The SMILES string of the molecule is O=C(O)C(=O)O.O=c1[nH]cc(Cl)cc1CN1CCC(COc2ccccc2CCC2CCCCC2)CC1. The number of benzene rings is 1. The third-order valence-corrected chi connectivity index (χ3v) is 7.44. The average molecular weight is 533 g/mol. The quantitative estimate of drug-likeness (QED) is 0.410. The van der Waals surface area contributed by atoms with Crippen molar-refractivity contribution in [1.82, 2.24) is 9.88 Å². The summed E-state index contributed by atoms with van der Waals surface area (Å²) < 4.78 is 6.31. The van der Waals surface area contributed by atoms with Crippen LogP contribution in [0, 0.1) is 11.8 Å². The fourth-order valence-corrected chi connectivity index (χ4v) is 5.25. The third-order valence-electron chi connectivity index (χ3n) is 7.22. The summed E-state index contributed by atoms with van der Waals surface area (Å²) in [4.78, 5) is 35.2. The summed E-state index contributed by atoms with van der Waals surface area (Å²) >= 11 is 6.03. The minimum absolute atomic E-state index is 0.0420. The molecule has 2 fully saturated rings. The molecular weight excluding hydrogens is 496 g/mol. The van der Waals surface area contributed by atoms with E-state index in [1.54, 1.807) is 12.3 Å². The molecule has 1 aliphatic carbocycles. The first-order valence-corrected chi connectivity index (χ1v) is 13.5. The molecule has 0 unspecified atom stereocenters. The van der Waals surface area contributed by atoms with Crippen molar-refractivity contribution in [2.24, 2.45) is 11.8 Å². The second-order valence-corrected chi connectivity index (χ2v) is 10.4. The molecule has 2 heterocycles. The number of carboxylic acids is 2. The number of aryl methyl sites for hydroxylation is 1. The Labute approximate surface area is 222 Å². The molecule has 202 valence electrons. The number of aliphatic carboxylic acids is 2. The lowest BCUT2D eigenvalue weighted by Crippen LogP contribution is -2.36. The van der Waals surface area contributed by atoms with E-state index in [1.807, 2.05) is 0 Å². The highest BCUT2D eigenvalue weighted by Gasteiger charge is 2.21. The minimum Gasteiger partial charge on any atom is -0.493 e. The van der Waals surface area contributed by atoms with Crippen LogP contribution < -0.4 is 10.3 Å². The van der Waals surface area contributed by atoms with E-state index in [1.165, 1.54) is 44.1 Å². The first-order chi connectivity index (χ1) is 17.8. The van der Waals surface area contributed by atoms with E-state index in [0.29, 0.717) is 17.5 Å². The molecule has 0 spiro atoms. The van der Waals surface area contributed by atoms with Crippen molar-refractivity contribution in [3.05, 3.63) is 63.0 Å². The molecule has 0 radical (unpaired) electrons. The lowest BCUT2D eigenvalue weighted by atomic mass is 9.85. The van der Waals surface area contributed by atoms with Gasteiger partial charge in [0, 0.05) is 18.3 Å². The molecule has 3 N–H and O–H groups in total. The van der Waals surface area contributed by atoms with Crippen molar-refractivity contribution in [3.8, 4) is 5.75 Å². The largest absolute Gasteiger partial charge is 0.493 e. The monoisotopic (exact) mass is 532 g/mol. The van der Waals surface area contributed by atoms with Crippen molar-refractivity contribution >= 4 is 23.5 Å². The van der Waals surface area contributed by atoms with Gasteiger partial charge in [0.25, 0.3) is 5.56 Å². The molecule has 1 aromatic carbocycles. The maximum Gasteiger partial charge on any atom is 0.414 e. The molecule has 2 aromatic rings. The van der Waals surface area contributed by atoms with Gasteiger partial charge in [-0.15, -0.1) is 0 Å². The fraction of sp³-hybridized carbons (Fsp3) is 0.536. The van der Waals surface area contributed by atoms with Gasteiger partial charge < -0.3 is 19.9 Å². The maximum atomic E-state index is 12.0. The predicted molar refractivity (Wildman–Crippen MR) is 142 cm³/mol. The number of H-pyrrole nitrogens is 1. The number of para-hydroxylation sites is 1. The first-order valence-electron chi connectivity index (χ1n) is 13.1. The Morgan fingerprint density at radius 3 is 2.32 bits per heavy atom. The Hall–Kier alpha value is -2.84. The molecular formula is C28H37ClN2O6. The van der Waals surface area contributed by atoms with Crippen molar-refractivity contribution in [3.63, 3.8) is 0 Å². The number of aromatic nitrogens is 1. The number of rotatable bonds is 8. The summed E-state index contributed by atoms with van der Waals surface area (Å²) in [6.07, 6.45) is 13.2. The van der Waals surface area contributed by atoms with Gasteiger partial charge in [-0.25, -0.2) is 9.59 Å². The van der Waals surface area contributed by atoms with Gasteiger partial charge in [-0.05, 0) is 68.3 Å². The Kier molecular flexibility index (Phi) is 11.5. The van der Waals surface area contributed by atoms with Gasteiger partial charge in [-0.3, -0.25) is 9.69 Å². The van der Waals surface area contributed by atoms with E-state index in [0.717, 1.165) is 56.2 Å². The van der Waals surface area contributed by atoms with Crippen LogP contribution in [0.15, 0.2) is 41.3 Å². The Balaban J connectivity index is 0.000000568. The molecule has 37 heavy (non-hydrogen) atoms. The molecule has 0 atom stereocenters. The van der Waals surface area contributed by atoms with Gasteiger partial charge in [-0.1, -0.05) is 61.9 Å². The lowest BCUT2D eigenvalue weighted by Gasteiger charge is -2.31. The topological polar surface area (TPSA) is 120 Å². The van der Waals surface area contributed by atoms with Crippen molar-refractivity contribution in [1.29, 1.82) is 0 Å². The molecule has 0 amide bonds. The Morgan fingerprint density at radius 2 is 1.65 bits per heavy atom. The molecule has 1 saturated heterocycles. The van der Waals surface area contributed by atoms with Gasteiger partial charge >= 0.3 is 11.9 Å². The number of carbonyl (C=O) groups is 2. The highest BCUT2D eigenvalue weighted by Crippen LogP contribution is 2.30. The van der Waals surface area contributed by atoms with Crippen LogP contribution in [0.4, 0.5) is 0 Å². The maximum absolute atomic E-state index is 12.0. The lowest BCUT2D eigenvalue weighted by molar-refractivity contribution is -0.159. The molecule has 4 rings (SSSR count). The van der Waals surface area contributed by atoms with Crippen LogP contribution in [0.3, 0.4) is 0 Å². The molecule has 9 heteroatoms. The van der Waals surface area contributed by atoms with Gasteiger partial charge in [-0.2, -0.15) is 0 Å². The highest BCUT2D eigenvalue weighted by atomic mass is 35.5. The van der Waals surface area contributed by atoms with E-state index >= 15 is 0 Å². The van der Waals surface area contributed by atoms with E-state index < -0.39 is 11.9 Å². The summed E-state index contributed by atoms with van der Waals surface area (Å²) in [5, 5.41) is 15.4. The molecule has 8 nitrogen and oxygen atoms in total. The van der Waals surface area contributed by atoms with Crippen molar-refractivity contribution in [2.45, 2.75) is 64.3 Å². The standard InChI is InChI=1S/C26H35ClN2O2.C2H2O4/c27-24-16-23(26(30)28-17-24)18-29-14-12-21(13-15-29)19-31-25-9-5-4-8-22(25)11-10-20-6-2-1-3-7-20;3-1(4)2(5)6/h4-5,8-9,16-17,20-21H,1-3,6-7,10-15,18-19H2,(H,28,30);(H,3,4)(H,5,6).